The maximum atomic E-state index is 11.8. The van der Waals surface area contributed by atoms with Crippen LogP contribution in [-0.2, 0) is 4.79 Å². The predicted octanol–water partition coefficient (Wildman–Crippen LogP) is 1.22. The Hall–Kier alpha value is -1.15. The van der Waals surface area contributed by atoms with Crippen LogP contribution in [0.3, 0.4) is 0 Å². The van der Waals surface area contributed by atoms with Crippen LogP contribution in [0, 0.1) is 5.92 Å². The zero-order chi connectivity index (χ0) is 13.3. The van der Waals surface area contributed by atoms with E-state index in [1.807, 2.05) is 0 Å². The molecule has 1 amide bonds. The second kappa shape index (κ2) is 5.23. The largest absolute Gasteiger partial charge is 0.476 e. The Morgan fingerprint density at radius 3 is 2.94 bits per heavy atom. The van der Waals surface area contributed by atoms with Gasteiger partial charge in [0, 0.05) is 13.0 Å². The number of rotatable bonds is 3. The summed E-state index contributed by atoms with van der Waals surface area (Å²) in [7, 11) is 0. The third kappa shape index (κ3) is 2.49. The first-order valence-corrected chi connectivity index (χ1v) is 6.62. The van der Waals surface area contributed by atoms with Gasteiger partial charge in [-0.2, -0.15) is 12.6 Å². The average molecular weight is 332 g/mol. The Labute approximate surface area is 117 Å². The molecule has 1 saturated heterocycles. The molecule has 1 aliphatic heterocycles. The molecule has 1 atom stereocenters. The Bertz CT molecular complexity index is 511. The quantitative estimate of drug-likeness (QED) is 0.813. The van der Waals surface area contributed by atoms with Crippen molar-refractivity contribution in [3.8, 4) is 0 Å². The minimum atomic E-state index is -1.21. The molecule has 1 aromatic heterocycles. The van der Waals surface area contributed by atoms with Crippen LogP contribution in [-0.4, -0.2) is 39.2 Å². The lowest BCUT2D eigenvalue weighted by atomic mass is 10.1. The van der Waals surface area contributed by atoms with E-state index < -0.39 is 5.97 Å². The van der Waals surface area contributed by atoms with Crippen molar-refractivity contribution in [2.24, 2.45) is 5.92 Å². The summed E-state index contributed by atoms with van der Waals surface area (Å²) in [5, 5.41) is 9.08. The lowest BCUT2D eigenvalue weighted by Crippen LogP contribution is -2.28. The molecule has 0 spiro atoms. The van der Waals surface area contributed by atoms with Gasteiger partial charge in [0.1, 0.15) is 4.60 Å². The summed E-state index contributed by atoms with van der Waals surface area (Å²) >= 11 is 7.21. The fraction of sp³-hybridized carbons (Fsp3) is 0.400. The van der Waals surface area contributed by atoms with E-state index in [2.05, 4.69) is 38.5 Å². The molecule has 8 heteroatoms. The summed E-state index contributed by atoms with van der Waals surface area (Å²) in [6.45, 7) is 0.429. The molecule has 6 nitrogen and oxygen atoms in total. The minimum absolute atomic E-state index is 0.0972. The number of carbonyl (C=O) groups is 2. The second-order valence-electron chi connectivity index (χ2n) is 3.93. The van der Waals surface area contributed by atoms with Gasteiger partial charge < -0.3 is 5.11 Å². The van der Waals surface area contributed by atoms with Gasteiger partial charge in [0.25, 0.3) is 0 Å². The van der Waals surface area contributed by atoms with Gasteiger partial charge in [-0.15, -0.1) is 0 Å². The van der Waals surface area contributed by atoms with Gasteiger partial charge in [-0.05, 0) is 27.6 Å². The van der Waals surface area contributed by atoms with E-state index in [9.17, 15) is 9.59 Å². The van der Waals surface area contributed by atoms with Crippen molar-refractivity contribution in [1.82, 2.24) is 9.97 Å². The third-order valence-corrected chi connectivity index (χ3v) is 3.54. The predicted molar refractivity (Wildman–Crippen MR) is 71.0 cm³/mol. The van der Waals surface area contributed by atoms with Gasteiger partial charge in [0.15, 0.2) is 11.5 Å². The number of carboxylic acids is 1. The van der Waals surface area contributed by atoms with Crippen LogP contribution < -0.4 is 4.90 Å². The first-order valence-electron chi connectivity index (χ1n) is 5.20. The number of amides is 1. The van der Waals surface area contributed by atoms with Crippen molar-refractivity contribution < 1.29 is 14.7 Å². The number of nitrogens with zero attached hydrogens (tertiary/aromatic N) is 3. The zero-order valence-electron chi connectivity index (χ0n) is 9.21. The van der Waals surface area contributed by atoms with E-state index in [4.69, 9.17) is 5.11 Å². The first kappa shape index (κ1) is 13.3. The van der Waals surface area contributed by atoms with E-state index in [1.165, 1.54) is 11.1 Å². The topological polar surface area (TPSA) is 83.4 Å². The highest BCUT2D eigenvalue weighted by molar-refractivity contribution is 9.10. The van der Waals surface area contributed by atoms with Crippen LogP contribution in [0.4, 0.5) is 5.82 Å². The molecular formula is C10H10BrN3O3S. The van der Waals surface area contributed by atoms with Gasteiger partial charge in [-0.3, -0.25) is 9.69 Å². The van der Waals surface area contributed by atoms with Crippen molar-refractivity contribution in [2.45, 2.75) is 6.42 Å². The normalized spacial score (nSPS) is 19.3. The van der Waals surface area contributed by atoms with Crippen LogP contribution in [0.15, 0.2) is 10.8 Å². The Morgan fingerprint density at radius 2 is 2.39 bits per heavy atom. The molecule has 2 heterocycles. The number of aromatic carboxylic acids is 1. The number of halogens is 1. The van der Waals surface area contributed by atoms with E-state index in [-0.39, 0.29) is 23.3 Å². The lowest BCUT2D eigenvalue weighted by molar-refractivity contribution is -0.117. The minimum Gasteiger partial charge on any atom is -0.476 e. The van der Waals surface area contributed by atoms with Crippen molar-refractivity contribution >= 4 is 46.3 Å². The molecule has 18 heavy (non-hydrogen) atoms. The molecule has 0 saturated carbocycles. The number of hydrogen-bond acceptors (Lipinski definition) is 5. The number of anilines is 1. The van der Waals surface area contributed by atoms with Crippen molar-refractivity contribution in [1.29, 1.82) is 0 Å². The summed E-state index contributed by atoms with van der Waals surface area (Å²) in [5.74, 6) is -0.559. The highest BCUT2D eigenvalue weighted by Crippen LogP contribution is 2.26. The highest BCUT2D eigenvalue weighted by atomic mass is 79.9. The fourth-order valence-electron chi connectivity index (χ4n) is 1.81. The van der Waals surface area contributed by atoms with Crippen LogP contribution in [0.2, 0.25) is 0 Å². The summed E-state index contributed by atoms with van der Waals surface area (Å²) < 4.78 is 0.320. The third-order valence-electron chi connectivity index (χ3n) is 2.65. The van der Waals surface area contributed by atoms with Crippen LogP contribution in [0.1, 0.15) is 16.9 Å². The molecule has 1 unspecified atom stereocenters. The van der Waals surface area contributed by atoms with E-state index >= 15 is 0 Å². The van der Waals surface area contributed by atoms with Gasteiger partial charge in [-0.1, -0.05) is 0 Å². The maximum absolute atomic E-state index is 11.8. The smallest absolute Gasteiger partial charge is 0.358 e. The summed E-state index contributed by atoms with van der Waals surface area (Å²) in [6, 6.07) is 0. The summed E-state index contributed by atoms with van der Waals surface area (Å²) in [4.78, 5) is 32.1. The lowest BCUT2D eigenvalue weighted by Gasteiger charge is -2.16. The second-order valence-corrected chi connectivity index (χ2v) is 5.10. The average Bonchev–Trinajstić information content (AvgIpc) is 2.70. The molecule has 2 rings (SSSR count). The Kier molecular flexibility index (Phi) is 3.86. The molecule has 0 bridgehead atoms. The molecule has 1 aromatic rings. The Morgan fingerprint density at radius 1 is 1.67 bits per heavy atom. The first-order chi connectivity index (χ1) is 8.52. The summed E-state index contributed by atoms with van der Waals surface area (Å²) in [5.41, 5.74) is -0.225. The van der Waals surface area contributed by atoms with Crippen molar-refractivity contribution in [3.05, 3.63) is 16.5 Å². The zero-order valence-corrected chi connectivity index (χ0v) is 11.7. The van der Waals surface area contributed by atoms with Gasteiger partial charge in [-0.25, -0.2) is 14.8 Å². The molecule has 0 aliphatic carbocycles. The molecule has 1 fully saturated rings. The van der Waals surface area contributed by atoms with Gasteiger partial charge >= 0.3 is 5.97 Å². The van der Waals surface area contributed by atoms with E-state index in [0.717, 1.165) is 0 Å². The number of carboxylic acid groups (broad SMARTS) is 1. The Balaban J connectivity index is 2.39. The SMILES string of the molecule is O=C(O)c1nc(Br)cnc1N1CC(CS)CC1=O. The fourth-order valence-corrected chi connectivity index (χ4v) is 2.34. The van der Waals surface area contributed by atoms with Crippen molar-refractivity contribution in [2.75, 3.05) is 17.2 Å². The molecule has 0 aromatic carbocycles. The highest BCUT2D eigenvalue weighted by Gasteiger charge is 2.33. The number of aromatic nitrogens is 2. The van der Waals surface area contributed by atoms with Crippen LogP contribution in [0.25, 0.3) is 0 Å². The molecular weight excluding hydrogens is 322 g/mol. The monoisotopic (exact) mass is 331 g/mol. The molecule has 96 valence electrons. The van der Waals surface area contributed by atoms with Crippen LogP contribution in [0.5, 0.6) is 0 Å². The maximum Gasteiger partial charge on any atom is 0.358 e. The number of carbonyl (C=O) groups excluding carboxylic acids is 1. The standard InChI is InChI=1S/C10H10BrN3O3S/c11-6-2-12-9(8(13-6)10(16)17)14-3-5(4-18)1-7(14)15/h2,5,18H,1,3-4H2,(H,16,17). The van der Waals surface area contributed by atoms with Gasteiger partial charge in [0.05, 0.1) is 6.20 Å². The van der Waals surface area contributed by atoms with E-state index in [1.54, 1.807) is 0 Å². The molecule has 1 N–H and O–H groups in total. The number of thiol groups is 1. The number of hydrogen-bond donors (Lipinski definition) is 2. The summed E-state index contributed by atoms with van der Waals surface area (Å²) in [6.07, 6.45) is 1.74. The molecule has 1 aliphatic rings. The van der Waals surface area contributed by atoms with Crippen LogP contribution >= 0.6 is 28.6 Å². The van der Waals surface area contributed by atoms with E-state index in [0.29, 0.717) is 23.3 Å². The van der Waals surface area contributed by atoms with Gasteiger partial charge in [0.2, 0.25) is 5.91 Å². The molecule has 0 radical (unpaired) electrons. The van der Waals surface area contributed by atoms with Crippen molar-refractivity contribution in [3.63, 3.8) is 0 Å².